The summed E-state index contributed by atoms with van der Waals surface area (Å²) in [4.78, 5) is 33.4. The number of hydrogen-bond donors (Lipinski definition) is 3. The maximum Gasteiger partial charge on any atom is 0.349 e. The molecule has 0 saturated carbocycles. The quantitative estimate of drug-likeness (QED) is 0.431. The second kappa shape index (κ2) is 7.94. The van der Waals surface area contributed by atoms with Crippen LogP contribution in [0.1, 0.15) is 10.4 Å². The summed E-state index contributed by atoms with van der Waals surface area (Å²) in [5.41, 5.74) is -0.0830. The largest absolute Gasteiger partial charge is 0.496 e. The number of esters is 2. The van der Waals surface area contributed by atoms with E-state index in [1.165, 1.54) is 25.3 Å². The molecule has 0 aliphatic rings. The zero-order valence-electron chi connectivity index (χ0n) is 10.8. The molecular weight excluding hydrogens is 288 g/mol. The Labute approximate surface area is 118 Å². The summed E-state index contributed by atoms with van der Waals surface area (Å²) in [7, 11) is 1.30. The molecule has 2 unspecified atom stereocenters. The van der Waals surface area contributed by atoms with Crippen LogP contribution in [0.3, 0.4) is 0 Å². The van der Waals surface area contributed by atoms with Gasteiger partial charge in [0.2, 0.25) is 0 Å². The molecule has 0 aliphatic heterocycles. The van der Waals surface area contributed by atoms with E-state index in [9.17, 15) is 19.5 Å². The predicted octanol–water partition coefficient (Wildman–Crippen LogP) is -1.64. The average molecular weight is 302 g/mol. The highest BCUT2D eigenvalue weighted by molar-refractivity contribution is 6.00. The Kier molecular flexibility index (Phi) is 7.00. The summed E-state index contributed by atoms with van der Waals surface area (Å²) in [5.74, 6) is -4.39. The van der Waals surface area contributed by atoms with Gasteiger partial charge in [-0.15, -0.1) is 0 Å². The number of rotatable bonds is 5. The Bertz CT molecular complexity index is 525. The van der Waals surface area contributed by atoms with Crippen molar-refractivity contribution in [2.45, 2.75) is 12.2 Å². The Morgan fingerprint density at radius 3 is 2.19 bits per heavy atom. The molecule has 116 valence electrons. The van der Waals surface area contributed by atoms with Gasteiger partial charge >= 0.3 is 17.9 Å². The number of para-hydroxylation sites is 1. The van der Waals surface area contributed by atoms with Crippen LogP contribution in [0.15, 0.2) is 24.3 Å². The van der Waals surface area contributed by atoms with Crippen LogP contribution in [0.5, 0.6) is 5.75 Å². The monoisotopic (exact) mass is 302 g/mol. The number of aliphatic carboxylic acids is 1. The molecule has 0 radical (unpaired) electrons. The third-order valence-corrected chi connectivity index (χ3v) is 2.31. The van der Waals surface area contributed by atoms with Gasteiger partial charge in [0, 0.05) is 0 Å². The summed E-state index contributed by atoms with van der Waals surface area (Å²) >= 11 is 0. The van der Waals surface area contributed by atoms with Crippen LogP contribution in [0.4, 0.5) is 0 Å². The number of aliphatic hydroxyl groups excluding tert-OH is 2. The van der Waals surface area contributed by atoms with E-state index in [1.807, 2.05) is 0 Å². The molecule has 0 heterocycles. The van der Waals surface area contributed by atoms with E-state index in [0.717, 1.165) is 0 Å². The second-order valence-electron chi connectivity index (χ2n) is 3.64. The van der Waals surface area contributed by atoms with Gasteiger partial charge in [-0.2, -0.15) is 0 Å². The van der Waals surface area contributed by atoms with Gasteiger partial charge in [-0.1, -0.05) is 12.1 Å². The van der Waals surface area contributed by atoms with Gasteiger partial charge in [0.1, 0.15) is 11.3 Å². The number of aliphatic hydroxyl groups is 2. The lowest BCUT2D eigenvalue weighted by Gasteiger charge is -2.12. The highest BCUT2D eigenvalue weighted by atomic mass is 16.6. The van der Waals surface area contributed by atoms with E-state index in [1.54, 1.807) is 6.07 Å². The predicted molar refractivity (Wildman–Crippen MR) is 66.7 cm³/mol. The molecule has 0 aliphatic carbocycles. The molecule has 21 heavy (non-hydrogen) atoms. The minimum atomic E-state index is -2.38. The topological polar surface area (TPSA) is 162 Å². The van der Waals surface area contributed by atoms with Gasteiger partial charge in [-0.25, -0.2) is 14.4 Å². The molecule has 0 amide bonds. The van der Waals surface area contributed by atoms with Crippen molar-refractivity contribution in [3.8, 4) is 5.75 Å². The fourth-order valence-corrected chi connectivity index (χ4v) is 1.28. The first kappa shape index (κ1) is 18.5. The summed E-state index contributed by atoms with van der Waals surface area (Å²) in [5, 5.41) is 26.6. The lowest BCUT2D eigenvalue weighted by atomic mass is 10.2. The maximum absolute atomic E-state index is 11.7. The normalized spacial score (nSPS) is 12.5. The molecule has 0 fully saturated rings. The van der Waals surface area contributed by atoms with Gasteiger partial charge in [0.15, 0.2) is 12.2 Å². The summed E-state index contributed by atoms with van der Waals surface area (Å²) in [6.45, 7) is 0. The van der Waals surface area contributed by atoms with Gasteiger partial charge < -0.3 is 30.3 Å². The number of carboxylic acids is 1. The standard InChI is InChI=1S/C12H12O8.H2O/c1-19-7-5-3-2-4-6(7)11(17)20-12(18)9(14)8(13)10(15)16;/h2-5,8-9,13-14H,1H3,(H,15,16);1H2. The van der Waals surface area contributed by atoms with E-state index >= 15 is 0 Å². The van der Waals surface area contributed by atoms with Gasteiger partial charge in [-0.3, -0.25) is 0 Å². The van der Waals surface area contributed by atoms with Crippen LogP contribution < -0.4 is 4.74 Å². The molecule has 0 aromatic heterocycles. The van der Waals surface area contributed by atoms with E-state index in [4.69, 9.17) is 14.9 Å². The molecule has 1 rings (SSSR count). The molecule has 0 saturated heterocycles. The molecule has 9 heteroatoms. The maximum atomic E-state index is 11.7. The van der Waals surface area contributed by atoms with Crippen molar-refractivity contribution in [3.63, 3.8) is 0 Å². The molecule has 9 nitrogen and oxygen atoms in total. The van der Waals surface area contributed by atoms with Crippen molar-refractivity contribution < 1.29 is 44.7 Å². The number of carbonyl (C=O) groups excluding carboxylic acids is 2. The highest BCUT2D eigenvalue weighted by Gasteiger charge is 2.33. The van der Waals surface area contributed by atoms with Crippen LogP contribution in [-0.4, -0.2) is 58.0 Å². The number of ether oxygens (including phenoxy) is 2. The molecule has 1 aromatic rings. The van der Waals surface area contributed by atoms with Gasteiger partial charge in [-0.05, 0) is 12.1 Å². The first-order chi connectivity index (χ1) is 9.38. The Morgan fingerprint density at radius 2 is 1.67 bits per heavy atom. The molecular formula is C12H14O9. The summed E-state index contributed by atoms with van der Waals surface area (Å²) < 4.78 is 9.16. The fraction of sp³-hybridized carbons (Fsp3) is 0.250. The summed E-state index contributed by atoms with van der Waals surface area (Å²) in [6.07, 6.45) is -4.75. The van der Waals surface area contributed by atoms with Crippen LogP contribution in [0, 0.1) is 0 Å². The molecule has 0 spiro atoms. The smallest absolute Gasteiger partial charge is 0.349 e. The van der Waals surface area contributed by atoms with Crippen LogP contribution in [0.2, 0.25) is 0 Å². The number of carbonyl (C=O) groups is 3. The van der Waals surface area contributed by atoms with Crippen LogP contribution in [-0.2, 0) is 14.3 Å². The summed E-state index contributed by atoms with van der Waals surface area (Å²) in [6, 6.07) is 5.84. The number of hydrogen-bond acceptors (Lipinski definition) is 7. The molecule has 2 atom stereocenters. The SMILES string of the molecule is COc1ccccc1C(=O)OC(=O)C(O)C(O)C(=O)O.O. The average Bonchev–Trinajstić information content (AvgIpc) is 2.45. The zero-order chi connectivity index (χ0) is 15.3. The number of benzene rings is 1. The Balaban J connectivity index is 0.00000400. The van der Waals surface area contributed by atoms with Crippen molar-refractivity contribution >= 4 is 17.9 Å². The van der Waals surface area contributed by atoms with Crippen molar-refractivity contribution in [3.05, 3.63) is 29.8 Å². The fourth-order valence-electron chi connectivity index (χ4n) is 1.28. The van der Waals surface area contributed by atoms with Crippen molar-refractivity contribution in [1.82, 2.24) is 0 Å². The first-order valence-corrected chi connectivity index (χ1v) is 5.36. The lowest BCUT2D eigenvalue weighted by molar-refractivity contribution is -0.166. The third-order valence-electron chi connectivity index (χ3n) is 2.31. The second-order valence-corrected chi connectivity index (χ2v) is 3.64. The number of methoxy groups -OCH3 is 1. The van der Waals surface area contributed by atoms with Crippen LogP contribution >= 0.6 is 0 Å². The minimum absolute atomic E-state index is 0. The third kappa shape index (κ3) is 4.53. The lowest BCUT2D eigenvalue weighted by Crippen LogP contribution is -2.41. The Morgan fingerprint density at radius 1 is 1.10 bits per heavy atom. The van der Waals surface area contributed by atoms with Crippen molar-refractivity contribution in [2.24, 2.45) is 0 Å². The van der Waals surface area contributed by atoms with E-state index < -0.39 is 30.1 Å². The Hall–Kier alpha value is -2.49. The van der Waals surface area contributed by atoms with Crippen LogP contribution in [0.25, 0.3) is 0 Å². The molecule has 0 bridgehead atoms. The minimum Gasteiger partial charge on any atom is -0.496 e. The zero-order valence-corrected chi connectivity index (χ0v) is 10.8. The van der Waals surface area contributed by atoms with E-state index in [-0.39, 0.29) is 16.8 Å². The van der Waals surface area contributed by atoms with Gasteiger partial charge in [0.25, 0.3) is 0 Å². The van der Waals surface area contributed by atoms with E-state index in [2.05, 4.69) is 4.74 Å². The molecule has 1 aromatic carbocycles. The van der Waals surface area contributed by atoms with Gasteiger partial charge in [0.05, 0.1) is 7.11 Å². The number of carboxylic acid groups (broad SMARTS) is 1. The first-order valence-electron chi connectivity index (χ1n) is 5.36. The highest BCUT2D eigenvalue weighted by Crippen LogP contribution is 2.18. The van der Waals surface area contributed by atoms with Crippen molar-refractivity contribution in [2.75, 3.05) is 7.11 Å². The van der Waals surface area contributed by atoms with E-state index in [0.29, 0.717) is 0 Å². The molecule has 5 N–H and O–H groups in total. The van der Waals surface area contributed by atoms with Crippen molar-refractivity contribution in [1.29, 1.82) is 0 Å².